The van der Waals surface area contributed by atoms with Crippen LogP contribution in [0.2, 0.25) is 0 Å². The van der Waals surface area contributed by atoms with Crippen LogP contribution in [-0.4, -0.2) is 23.5 Å². The Morgan fingerprint density at radius 3 is 2.81 bits per heavy atom. The van der Waals surface area contributed by atoms with Crippen molar-refractivity contribution in [2.75, 3.05) is 11.9 Å². The van der Waals surface area contributed by atoms with Gasteiger partial charge in [-0.3, -0.25) is 4.79 Å². The molecule has 2 rings (SSSR count). The molecule has 0 saturated heterocycles. The predicted molar refractivity (Wildman–Crippen MR) is 81.8 cm³/mol. The average molecular weight is 293 g/mol. The van der Waals surface area contributed by atoms with Gasteiger partial charge in [0, 0.05) is 12.6 Å². The Morgan fingerprint density at radius 1 is 1.43 bits per heavy atom. The summed E-state index contributed by atoms with van der Waals surface area (Å²) in [6, 6.07) is 1.41. The highest BCUT2D eigenvalue weighted by Gasteiger charge is 2.33. The lowest BCUT2D eigenvalue weighted by Gasteiger charge is -2.21. The molecule has 116 valence electrons. The minimum atomic E-state index is -0.493. The molecule has 0 aliphatic heterocycles. The van der Waals surface area contributed by atoms with Crippen molar-refractivity contribution in [3.63, 3.8) is 0 Å². The van der Waals surface area contributed by atoms with Gasteiger partial charge in [-0.15, -0.1) is 0 Å². The van der Waals surface area contributed by atoms with Gasteiger partial charge in [0.05, 0.1) is 11.8 Å². The van der Waals surface area contributed by atoms with Gasteiger partial charge in [-0.2, -0.15) is 0 Å². The summed E-state index contributed by atoms with van der Waals surface area (Å²) in [7, 11) is 0. The van der Waals surface area contributed by atoms with Crippen LogP contribution >= 0.6 is 0 Å². The Hall–Kier alpha value is -1.65. The molecule has 0 spiro atoms. The van der Waals surface area contributed by atoms with Gasteiger partial charge in [-0.05, 0) is 37.7 Å². The number of rotatable bonds is 5. The molecule has 1 aliphatic rings. The Balaban J connectivity index is 2.12. The van der Waals surface area contributed by atoms with Crippen molar-refractivity contribution in [3.05, 3.63) is 23.6 Å². The summed E-state index contributed by atoms with van der Waals surface area (Å²) in [5, 5.41) is 6.05. The topological polar surface area (TPSA) is 54.0 Å². The Bertz CT molecular complexity index is 506. The zero-order valence-corrected chi connectivity index (χ0v) is 12.9. The van der Waals surface area contributed by atoms with Crippen molar-refractivity contribution in [2.45, 2.75) is 46.1 Å². The first-order valence-electron chi connectivity index (χ1n) is 7.77. The molecule has 1 heterocycles. The van der Waals surface area contributed by atoms with Crippen LogP contribution in [-0.2, 0) is 0 Å². The van der Waals surface area contributed by atoms with Crippen LogP contribution in [0.25, 0.3) is 0 Å². The third-order valence-corrected chi connectivity index (χ3v) is 4.51. The summed E-state index contributed by atoms with van der Waals surface area (Å²) in [4.78, 5) is 16.4. The highest BCUT2D eigenvalue weighted by atomic mass is 19.1. The van der Waals surface area contributed by atoms with Crippen LogP contribution in [0, 0.1) is 17.7 Å². The lowest BCUT2D eigenvalue weighted by atomic mass is 9.93. The van der Waals surface area contributed by atoms with Crippen LogP contribution in [0.4, 0.5) is 10.2 Å². The molecule has 1 fully saturated rings. The molecule has 4 nitrogen and oxygen atoms in total. The second kappa shape index (κ2) is 6.87. The summed E-state index contributed by atoms with van der Waals surface area (Å²) < 4.78 is 13.4. The number of carbonyl (C=O) groups excluding carboxylic acids is 1. The maximum Gasteiger partial charge on any atom is 0.255 e. The average Bonchev–Trinajstić information content (AvgIpc) is 2.81. The van der Waals surface area contributed by atoms with Gasteiger partial charge < -0.3 is 10.6 Å². The van der Waals surface area contributed by atoms with E-state index in [0.717, 1.165) is 25.5 Å². The van der Waals surface area contributed by atoms with E-state index in [4.69, 9.17) is 0 Å². The van der Waals surface area contributed by atoms with Crippen LogP contribution in [0.3, 0.4) is 0 Å². The predicted octanol–water partition coefficient (Wildman–Crippen LogP) is 3.21. The number of aromatic nitrogens is 1. The minimum absolute atomic E-state index is 0.167. The molecule has 1 saturated carbocycles. The van der Waals surface area contributed by atoms with E-state index in [1.54, 1.807) is 0 Å². The van der Waals surface area contributed by atoms with Crippen molar-refractivity contribution in [1.29, 1.82) is 0 Å². The highest BCUT2D eigenvalue weighted by molar-refractivity contribution is 5.98. The number of pyridine rings is 1. The molecule has 1 amide bonds. The molecule has 0 radical (unpaired) electrons. The second-order valence-electron chi connectivity index (χ2n) is 5.76. The molecule has 0 aromatic carbocycles. The molecule has 0 bridgehead atoms. The minimum Gasteiger partial charge on any atom is -0.370 e. The molecule has 5 heteroatoms. The van der Waals surface area contributed by atoms with Gasteiger partial charge >= 0.3 is 0 Å². The van der Waals surface area contributed by atoms with E-state index >= 15 is 0 Å². The largest absolute Gasteiger partial charge is 0.370 e. The molecule has 3 atom stereocenters. The number of hydrogen-bond donors (Lipinski definition) is 2. The molecular formula is C16H24FN3O. The first kappa shape index (κ1) is 15.7. The van der Waals surface area contributed by atoms with Crippen LogP contribution in [0.1, 0.15) is 50.4 Å². The summed E-state index contributed by atoms with van der Waals surface area (Å²) in [6.07, 6.45) is 4.40. The van der Waals surface area contributed by atoms with E-state index < -0.39 is 5.82 Å². The van der Waals surface area contributed by atoms with Gasteiger partial charge in [0.25, 0.3) is 5.91 Å². The first-order chi connectivity index (χ1) is 10.1. The highest BCUT2D eigenvalue weighted by Crippen LogP contribution is 2.34. The number of anilines is 1. The van der Waals surface area contributed by atoms with Crippen LogP contribution < -0.4 is 10.6 Å². The monoisotopic (exact) mass is 293 g/mol. The number of nitrogens with zero attached hydrogens (tertiary/aromatic N) is 1. The van der Waals surface area contributed by atoms with E-state index in [-0.39, 0.29) is 17.5 Å². The van der Waals surface area contributed by atoms with Gasteiger partial charge in [0.2, 0.25) is 0 Å². The molecular weight excluding hydrogens is 269 g/mol. The fraction of sp³-hybridized carbons (Fsp3) is 0.625. The standard InChI is InChI=1S/C16H24FN3O/c1-4-11-6-7-14(10(11)3)20-16(21)13-8-12(17)9-19-15(13)18-5-2/h8-11,14H,4-7H2,1-3H3,(H,18,19)(H,20,21). The van der Waals surface area contributed by atoms with Crippen molar-refractivity contribution < 1.29 is 9.18 Å². The molecule has 1 aromatic rings. The lowest BCUT2D eigenvalue weighted by Crippen LogP contribution is -2.38. The molecule has 1 aromatic heterocycles. The van der Waals surface area contributed by atoms with Gasteiger partial charge in [-0.1, -0.05) is 20.3 Å². The number of carbonyl (C=O) groups is 1. The van der Waals surface area contributed by atoms with E-state index in [2.05, 4.69) is 29.5 Å². The third kappa shape index (κ3) is 3.52. The summed E-state index contributed by atoms with van der Waals surface area (Å²) in [6.45, 7) is 6.92. The van der Waals surface area contributed by atoms with E-state index in [1.165, 1.54) is 6.07 Å². The lowest BCUT2D eigenvalue weighted by molar-refractivity contribution is 0.0926. The summed E-state index contributed by atoms with van der Waals surface area (Å²) in [5.41, 5.74) is 0.281. The molecule has 21 heavy (non-hydrogen) atoms. The van der Waals surface area contributed by atoms with Crippen molar-refractivity contribution >= 4 is 11.7 Å². The first-order valence-corrected chi connectivity index (χ1v) is 7.77. The normalized spacial score (nSPS) is 24.9. The van der Waals surface area contributed by atoms with E-state index in [9.17, 15) is 9.18 Å². The van der Waals surface area contributed by atoms with E-state index in [0.29, 0.717) is 24.2 Å². The zero-order valence-electron chi connectivity index (χ0n) is 12.9. The Kier molecular flexibility index (Phi) is 5.15. The maximum atomic E-state index is 13.4. The SMILES string of the molecule is CCNc1ncc(F)cc1C(=O)NC1CCC(CC)C1C. The third-order valence-electron chi connectivity index (χ3n) is 4.51. The second-order valence-corrected chi connectivity index (χ2v) is 5.76. The Morgan fingerprint density at radius 2 is 2.19 bits per heavy atom. The number of halogens is 1. The van der Waals surface area contributed by atoms with Crippen LogP contribution in [0.5, 0.6) is 0 Å². The quantitative estimate of drug-likeness (QED) is 0.876. The summed E-state index contributed by atoms with van der Waals surface area (Å²) >= 11 is 0. The molecule has 1 aliphatic carbocycles. The number of hydrogen-bond acceptors (Lipinski definition) is 3. The Labute approximate surface area is 125 Å². The van der Waals surface area contributed by atoms with Gasteiger partial charge in [0.15, 0.2) is 0 Å². The van der Waals surface area contributed by atoms with Gasteiger partial charge in [0.1, 0.15) is 11.6 Å². The van der Waals surface area contributed by atoms with Crippen molar-refractivity contribution in [1.82, 2.24) is 10.3 Å². The zero-order chi connectivity index (χ0) is 15.4. The van der Waals surface area contributed by atoms with E-state index in [1.807, 2.05) is 6.92 Å². The van der Waals surface area contributed by atoms with Crippen molar-refractivity contribution in [3.8, 4) is 0 Å². The van der Waals surface area contributed by atoms with Crippen LogP contribution in [0.15, 0.2) is 12.3 Å². The molecule has 3 unspecified atom stereocenters. The maximum absolute atomic E-state index is 13.4. The molecule has 2 N–H and O–H groups in total. The van der Waals surface area contributed by atoms with Crippen molar-refractivity contribution in [2.24, 2.45) is 11.8 Å². The fourth-order valence-electron chi connectivity index (χ4n) is 3.19. The smallest absolute Gasteiger partial charge is 0.255 e. The number of nitrogens with one attached hydrogen (secondary N) is 2. The van der Waals surface area contributed by atoms with Gasteiger partial charge in [-0.25, -0.2) is 9.37 Å². The summed E-state index contributed by atoms with van der Waals surface area (Å²) in [5.74, 6) is 0.825. The number of amides is 1. The fourth-order valence-corrected chi connectivity index (χ4v) is 3.19.